The van der Waals surface area contributed by atoms with Crippen molar-refractivity contribution in [2.24, 2.45) is 5.92 Å². The van der Waals surface area contributed by atoms with Gasteiger partial charge in [0.05, 0.1) is 0 Å². The maximum absolute atomic E-state index is 12.8. The highest BCUT2D eigenvalue weighted by atomic mass is 16.1. The van der Waals surface area contributed by atoms with Crippen molar-refractivity contribution in [1.29, 1.82) is 0 Å². The molecule has 0 radical (unpaired) electrons. The first-order chi connectivity index (χ1) is 13.7. The monoisotopic (exact) mass is 380 g/mol. The maximum atomic E-state index is 12.8. The van der Waals surface area contributed by atoms with E-state index in [1.54, 1.807) is 11.0 Å². The highest BCUT2D eigenvalue weighted by Crippen LogP contribution is 2.43. The fourth-order valence-corrected chi connectivity index (χ4v) is 5.56. The number of piperidine rings is 2. The van der Waals surface area contributed by atoms with Gasteiger partial charge >= 0.3 is 0 Å². The summed E-state index contributed by atoms with van der Waals surface area (Å²) in [6.45, 7) is 7.27. The first-order valence-corrected chi connectivity index (χ1v) is 10.3. The predicted molar refractivity (Wildman–Crippen MR) is 106 cm³/mol. The maximum Gasteiger partial charge on any atom is 0.220 e. The minimum absolute atomic E-state index is 0.0134. The Hall–Kier alpha value is -2.25. The van der Waals surface area contributed by atoms with Gasteiger partial charge in [0.2, 0.25) is 5.91 Å². The number of fused-ring (bicyclic) bond motifs is 1. The van der Waals surface area contributed by atoms with E-state index in [2.05, 4.69) is 55.5 Å². The number of carbonyl (C=O) groups is 1. The van der Waals surface area contributed by atoms with E-state index in [-0.39, 0.29) is 17.4 Å². The van der Waals surface area contributed by atoms with E-state index < -0.39 is 0 Å². The molecular weight excluding hydrogens is 352 g/mol. The minimum Gasteiger partial charge on any atom is -0.352 e. The lowest BCUT2D eigenvalue weighted by Crippen LogP contribution is -2.70. The van der Waals surface area contributed by atoms with E-state index in [4.69, 9.17) is 0 Å². The topological polar surface area (TPSA) is 66.3 Å². The van der Waals surface area contributed by atoms with Crippen molar-refractivity contribution in [3.8, 4) is 0 Å². The Morgan fingerprint density at radius 3 is 2.57 bits per heavy atom. The summed E-state index contributed by atoms with van der Waals surface area (Å²) < 4.78 is 1.78. The van der Waals surface area contributed by atoms with Gasteiger partial charge in [0.1, 0.15) is 12.7 Å². The van der Waals surface area contributed by atoms with Gasteiger partial charge in [-0.3, -0.25) is 9.48 Å². The van der Waals surface area contributed by atoms with Gasteiger partial charge in [-0.15, -0.1) is 0 Å². The zero-order chi connectivity index (χ0) is 19.0. The normalized spacial score (nSPS) is 33.6. The Balaban J connectivity index is 1.34. The highest BCUT2D eigenvalue weighted by molar-refractivity contribution is 5.76. The van der Waals surface area contributed by atoms with Gasteiger partial charge in [-0.1, -0.05) is 30.3 Å². The third kappa shape index (κ3) is 3.22. The van der Waals surface area contributed by atoms with Crippen molar-refractivity contribution in [2.45, 2.75) is 30.8 Å². The van der Waals surface area contributed by atoms with Crippen molar-refractivity contribution >= 4 is 5.91 Å². The van der Waals surface area contributed by atoms with Crippen molar-refractivity contribution in [3.05, 3.63) is 48.5 Å². The number of benzene rings is 1. The van der Waals surface area contributed by atoms with Crippen LogP contribution in [0.5, 0.6) is 0 Å². The number of nitrogens with one attached hydrogen (secondary N) is 1. The van der Waals surface area contributed by atoms with Crippen LogP contribution in [0, 0.1) is 5.92 Å². The molecule has 4 fully saturated rings. The number of hydrogen-bond donors (Lipinski definition) is 1. The van der Waals surface area contributed by atoms with Gasteiger partial charge in [0.15, 0.2) is 0 Å². The van der Waals surface area contributed by atoms with Crippen LogP contribution in [0.2, 0.25) is 0 Å². The molecule has 4 bridgehead atoms. The van der Waals surface area contributed by atoms with E-state index in [1.807, 2.05) is 0 Å². The lowest BCUT2D eigenvalue weighted by atomic mass is 9.64. The Morgan fingerprint density at radius 2 is 1.89 bits per heavy atom. The smallest absolute Gasteiger partial charge is 0.220 e. The summed E-state index contributed by atoms with van der Waals surface area (Å²) in [6.07, 6.45) is 4.54. The van der Waals surface area contributed by atoms with Crippen LogP contribution in [0.3, 0.4) is 0 Å². The zero-order valence-electron chi connectivity index (χ0n) is 16.2. The van der Waals surface area contributed by atoms with Crippen molar-refractivity contribution in [2.75, 3.05) is 39.3 Å². The van der Waals surface area contributed by atoms with Crippen LogP contribution in [-0.4, -0.2) is 75.8 Å². The Kier molecular flexibility index (Phi) is 4.64. The van der Waals surface area contributed by atoms with E-state index in [1.165, 1.54) is 11.9 Å². The number of amides is 1. The Bertz CT molecular complexity index is 792. The van der Waals surface area contributed by atoms with Crippen molar-refractivity contribution in [1.82, 2.24) is 29.9 Å². The van der Waals surface area contributed by atoms with E-state index in [9.17, 15) is 4.79 Å². The third-order valence-electron chi connectivity index (χ3n) is 6.72. The molecule has 7 heteroatoms. The molecule has 6 rings (SSSR count). The number of hydrogen-bond acceptors (Lipinski definition) is 5. The van der Waals surface area contributed by atoms with Crippen LogP contribution in [0.4, 0.5) is 0 Å². The summed E-state index contributed by atoms with van der Waals surface area (Å²) in [5.74, 6) is 0.654. The molecule has 4 aliphatic rings. The van der Waals surface area contributed by atoms with Crippen molar-refractivity contribution in [3.63, 3.8) is 0 Å². The SMILES string of the molecule is O=C(CCCn1cncn1)N[C@@H]1C2CN3CCN(C2)CC1(c1ccccc1)C3. The minimum atomic E-state index is -0.0134. The molecule has 4 aliphatic heterocycles. The third-order valence-corrected chi connectivity index (χ3v) is 6.72. The summed E-state index contributed by atoms with van der Waals surface area (Å²) in [4.78, 5) is 22.0. The van der Waals surface area contributed by atoms with Gasteiger partial charge in [0, 0.05) is 69.6 Å². The standard InChI is InChI=1S/C21H28N6O/c28-19(7-4-8-27-16-22-15-23-27)24-20-17-11-25-9-10-26(12-17)14-21(20,13-25)18-5-2-1-3-6-18/h1-3,5-6,15-17,20H,4,7-14H2,(H,24,28)/t17?,20-,21?/m1/s1. The van der Waals surface area contributed by atoms with Crippen LogP contribution in [0.25, 0.3) is 0 Å². The van der Waals surface area contributed by atoms with Crippen LogP contribution >= 0.6 is 0 Å². The molecule has 4 saturated heterocycles. The molecule has 1 amide bonds. The number of aromatic nitrogens is 3. The van der Waals surface area contributed by atoms with Crippen LogP contribution in [0.1, 0.15) is 18.4 Å². The summed E-state index contributed by atoms with van der Waals surface area (Å²) in [5, 5.41) is 7.58. The van der Waals surface area contributed by atoms with E-state index in [0.29, 0.717) is 12.3 Å². The fourth-order valence-electron chi connectivity index (χ4n) is 5.56. The molecule has 5 heterocycles. The summed E-state index contributed by atoms with van der Waals surface area (Å²) >= 11 is 0. The second-order valence-electron chi connectivity index (χ2n) is 8.56. The first kappa shape index (κ1) is 17.8. The molecule has 0 spiro atoms. The number of rotatable bonds is 6. The second kappa shape index (κ2) is 7.29. The Morgan fingerprint density at radius 1 is 1.14 bits per heavy atom. The summed E-state index contributed by atoms with van der Waals surface area (Å²) in [7, 11) is 0. The fraction of sp³-hybridized carbons (Fsp3) is 0.571. The Labute approximate surface area is 165 Å². The molecule has 148 valence electrons. The number of aryl methyl sites for hydroxylation is 1. The highest BCUT2D eigenvalue weighted by Gasteiger charge is 2.55. The summed E-state index contributed by atoms with van der Waals surface area (Å²) in [5.41, 5.74) is 1.35. The zero-order valence-corrected chi connectivity index (χ0v) is 16.2. The molecule has 1 aromatic heterocycles. The molecular formula is C21H28N6O. The molecule has 7 nitrogen and oxygen atoms in total. The molecule has 0 saturated carbocycles. The summed E-state index contributed by atoms with van der Waals surface area (Å²) in [6, 6.07) is 11.0. The number of carbonyl (C=O) groups excluding carboxylic acids is 1. The van der Waals surface area contributed by atoms with Gasteiger partial charge < -0.3 is 15.1 Å². The molecule has 2 aromatic rings. The average molecular weight is 380 g/mol. The van der Waals surface area contributed by atoms with Gasteiger partial charge in [-0.05, 0) is 12.0 Å². The van der Waals surface area contributed by atoms with Crippen LogP contribution in [0.15, 0.2) is 43.0 Å². The molecule has 3 atom stereocenters. The van der Waals surface area contributed by atoms with Gasteiger partial charge in [0.25, 0.3) is 0 Å². The van der Waals surface area contributed by atoms with Crippen molar-refractivity contribution < 1.29 is 4.79 Å². The van der Waals surface area contributed by atoms with Crippen LogP contribution < -0.4 is 5.32 Å². The first-order valence-electron chi connectivity index (χ1n) is 10.3. The van der Waals surface area contributed by atoms with Gasteiger partial charge in [-0.2, -0.15) is 5.10 Å². The largest absolute Gasteiger partial charge is 0.352 e. The quantitative estimate of drug-likeness (QED) is 0.801. The van der Waals surface area contributed by atoms with E-state index >= 15 is 0 Å². The molecule has 2 unspecified atom stereocenters. The molecule has 0 aliphatic carbocycles. The van der Waals surface area contributed by atoms with E-state index in [0.717, 1.165) is 52.2 Å². The van der Waals surface area contributed by atoms with Crippen LogP contribution in [-0.2, 0) is 16.8 Å². The molecule has 1 aromatic carbocycles. The molecule has 28 heavy (non-hydrogen) atoms. The number of nitrogens with zero attached hydrogens (tertiary/aromatic N) is 5. The lowest BCUT2D eigenvalue weighted by molar-refractivity contribution is -0.124. The van der Waals surface area contributed by atoms with Gasteiger partial charge in [-0.25, -0.2) is 4.98 Å². The second-order valence-corrected chi connectivity index (χ2v) is 8.56. The lowest BCUT2D eigenvalue weighted by Gasteiger charge is -2.55. The predicted octanol–water partition coefficient (Wildman–Crippen LogP) is 0.742. The molecule has 1 N–H and O–H groups in total. The average Bonchev–Trinajstić information content (AvgIpc) is 3.09.